The molecule has 0 spiro atoms. The van der Waals surface area contributed by atoms with E-state index in [4.69, 9.17) is 13.7 Å². The van der Waals surface area contributed by atoms with E-state index in [0.29, 0.717) is 17.4 Å². The third-order valence-electron chi connectivity index (χ3n) is 2.86. The van der Waals surface area contributed by atoms with Gasteiger partial charge in [-0.3, -0.25) is 4.57 Å². The molecule has 3 aromatic heterocycles. The molecule has 0 unspecified atom stereocenters. The molecule has 21 heavy (non-hydrogen) atoms. The van der Waals surface area contributed by atoms with Crippen LogP contribution in [0.25, 0.3) is 11.6 Å². The van der Waals surface area contributed by atoms with E-state index in [9.17, 15) is 0 Å². The maximum atomic E-state index is 5.38. The summed E-state index contributed by atoms with van der Waals surface area (Å²) in [5, 5.41) is 13.0. The van der Waals surface area contributed by atoms with Gasteiger partial charge in [-0.2, -0.15) is 0 Å². The lowest BCUT2D eigenvalue weighted by Crippen LogP contribution is -1.99. The number of nitrogens with zero attached hydrogens (tertiary/aromatic N) is 4. The second-order valence-corrected chi connectivity index (χ2v) is 5.09. The fourth-order valence-corrected chi connectivity index (χ4v) is 2.74. The molecule has 0 bridgehead atoms. The SMILES string of the molecule is CCn1c(SCc2cc(OC)no2)nnc1-c1ccco1. The summed E-state index contributed by atoms with van der Waals surface area (Å²) in [5.41, 5.74) is 0. The van der Waals surface area contributed by atoms with Gasteiger partial charge in [0, 0.05) is 12.6 Å². The molecule has 0 aromatic carbocycles. The highest BCUT2D eigenvalue weighted by Crippen LogP contribution is 2.27. The summed E-state index contributed by atoms with van der Waals surface area (Å²) in [4.78, 5) is 0. The van der Waals surface area contributed by atoms with Gasteiger partial charge >= 0.3 is 0 Å². The summed E-state index contributed by atoms with van der Waals surface area (Å²) < 4.78 is 17.5. The molecule has 0 fully saturated rings. The van der Waals surface area contributed by atoms with Crippen LogP contribution in [0.3, 0.4) is 0 Å². The average Bonchev–Trinajstić information content (AvgIpc) is 3.23. The van der Waals surface area contributed by atoms with E-state index in [1.165, 1.54) is 11.8 Å². The second kappa shape index (κ2) is 6.04. The largest absolute Gasteiger partial charge is 0.479 e. The minimum absolute atomic E-state index is 0.471. The summed E-state index contributed by atoms with van der Waals surface area (Å²) in [5.74, 6) is 3.23. The molecule has 0 aliphatic carbocycles. The summed E-state index contributed by atoms with van der Waals surface area (Å²) >= 11 is 1.53. The molecule has 7 nitrogen and oxygen atoms in total. The highest BCUT2D eigenvalue weighted by atomic mass is 32.2. The Morgan fingerprint density at radius 3 is 2.95 bits per heavy atom. The van der Waals surface area contributed by atoms with Gasteiger partial charge in [-0.1, -0.05) is 11.8 Å². The molecule has 110 valence electrons. The van der Waals surface area contributed by atoms with Crippen LogP contribution in [-0.2, 0) is 12.3 Å². The van der Waals surface area contributed by atoms with Gasteiger partial charge in [0.2, 0.25) is 0 Å². The van der Waals surface area contributed by atoms with Crippen molar-refractivity contribution in [2.45, 2.75) is 24.4 Å². The van der Waals surface area contributed by atoms with Crippen molar-refractivity contribution in [3.8, 4) is 17.5 Å². The maximum absolute atomic E-state index is 5.38. The van der Waals surface area contributed by atoms with Crippen molar-refractivity contribution >= 4 is 11.8 Å². The fraction of sp³-hybridized carbons (Fsp3) is 0.308. The molecule has 0 saturated heterocycles. The number of aromatic nitrogens is 4. The zero-order valence-electron chi connectivity index (χ0n) is 11.6. The van der Waals surface area contributed by atoms with E-state index in [0.717, 1.165) is 23.3 Å². The molecule has 0 N–H and O–H groups in total. The predicted molar refractivity (Wildman–Crippen MR) is 76.0 cm³/mol. The Hall–Kier alpha value is -2.22. The van der Waals surface area contributed by atoms with Crippen molar-refractivity contribution in [3.63, 3.8) is 0 Å². The van der Waals surface area contributed by atoms with E-state index < -0.39 is 0 Å². The predicted octanol–water partition coefficient (Wildman–Crippen LogP) is 2.85. The number of furan rings is 1. The quantitative estimate of drug-likeness (QED) is 0.648. The van der Waals surface area contributed by atoms with Crippen molar-refractivity contribution in [3.05, 3.63) is 30.2 Å². The third kappa shape index (κ3) is 2.80. The van der Waals surface area contributed by atoms with Crippen molar-refractivity contribution in [1.82, 2.24) is 19.9 Å². The molecule has 3 heterocycles. The minimum Gasteiger partial charge on any atom is -0.479 e. The van der Waals surface area contributed by atoms with Crippen LogP contribution in [0.1, 0.15) is 12.7 Å². The van der Waals surface area contributed by atoms with Crippen molar-refractivity contribution in [2.75, 3.05) is 7.11 Å². The second-order valence-electron chi connectivity index (χ2n) is 4.15. The topological polar surface area (TPSA) is 79.1 Å². The summed E-state index contributed by atoms with van der Waals surface area (Å²) in [6.07, 6.45) is 1.62. The van der Waals surface area contributed by atoms with Crippen LogP contribution in [-0.4, -0.2) is 27.0 Å². The first-order chi connectivity index (χ1) is 10.3. The molecule has 0 saturated carbocycles. The number of rotatable bonds is 6. The van der Waals surface area contributed by atoms with Crippen LogP contribution in [0.15, 0.2) is 38.6 Å². The highest BCUT2D eigenvalue weighted by Gasteiger charge is 2.16. The van der Waals surface area contributed by atoms with E-state index >= 15 is 0 Å². The van der Waals surface area contributed by atoms with Gasteiger partial charge in [0.25, 0.3) is 5.88 Å². The van der Waals surface area contributed by atoms with Gasteiger partial charge in [-0.05, 0) is 24.2 Å². The Balaban J connectivity index is 1.76. The van der Waals surface area contributed by atoms with E-state index in [1.807, 2.05) is 23.6 Å². The highest BCUT2D eigenvalue weighted by molar-refractivity contribution is 7.98. The van der Waals surface area contributed by atoms with Crippen LogP contribution in [0.5, 0.6) is 5.88 Å². The maximum Gasteiger partial charge on any atom is 0.254 e. The molecule has 0 amide bonds. The van der Waals surface area contributed by atoms with Crippen molar-refractivity contribution < 1.29 is 13.7 Å². The molecule has 8 heteroatoms. The first-order valence-corrected chi connectivity index (χ1v) is 7.39. The third-order valence-corrected chi connectivity index (χ3v) is 3.85. The summed E-state index contributed by atoms with van der Waals surface area (Å²) in [6.45, 7) is 2.79. The smallest absolute Gasteiger partial charge is 0.254 e. The number of hydrogen-bond acceptors (Lipinski definition) is 7. The van der Waals surface area contributed by atoms with Crippen LogP contribution in [0.4, 0.5) is 0 Å². The summed E-state index contributed by atoms with van der Waals surface area (Å²) in [7, 11) is 1.55. The van der Waals surface area contributed by atoms with Crippen molar-refractivity contribution in [1.29, 1.82) is 0 Å². The Kier molecular flexibility index (Phi) is 3.96. The Morgan fingerprint density at radius 1 is 1.38 bits per heavy atom. The fourth-order valence-electron chi connectivity index (χ4n) is 1.86. The number of ether oxygens (including phenoxy) is 1. The first-order valence-electron chi connectivity index (χ1n) is 6.41. The Bertz CT molecular complexity index is 705. The average molecular weight is 306 g/mol. The molecule has 0 atom stereocenters. The molecular weight excluding hydrogens is 292 g/mol. The van der Waals surface area contributed by atoms with Crippen molar-refractivity contribution in [2.24, 2.45) is 0 Å². The van der Waals surface area contributed by atoms with Crippen LogP contribution in [0.2, 0.25) is 0 Å². The van der Waals surface area contributed by atoms with Crippen LogP contribution in [0, 0.1) is 0 Å². The monoisotopic (exact) mass is 306 g/mol. The molecule has 3 rings (SSSR count). The standard InChI is InChI=1S/C13H14N4O3S/c1-3-17-12(10-5-4-6-19-10)14-15-13(17)21-8-9-7-11(18-2)16-20-9/h4-7H,3,8H2,1-2H3. The van der Waals surface area contributed by atoms with Crippen LogP contribution >= 0.6 is 11.8 Å². The Labute approximate surface area is 125 Å². The molecular formula is C13H14N4O3S. The van der Waals surface area contributed by atoms with Gasteiger partial charge in [-0.25, -0.2) is 0 Å². The normalized spacial score (nSPS) is 11.0. The number of hydrogen-bond donors (Lipinski definition) is 0. The minimum atomic E-state index is 0.471. The first kappa shape index (κ1) is 13.7. The number of methoxy groups -OCH3 is 1. The van der Waals surface area contributed by atoms with Crippen LogP contribution < -0.4 is 4.74 Å². The van der Waals surface area contributed by atoms with Gasteiger partial charge in [0.15, 0.2) is 22.5 Å². The molecule has 0 aliphatic heterocycles. The lowest BCUT2D eigenvalue weighted by molar-refractivity contribution is 0.330. The van der Waals surface area contributed by atoms with E-state index in [1.54, 1.807) is 19.4 Å². The lowest BCUT2D eigenvalue weighted by Gasteiger charge is -2.04. The van der Waals surface area contributed by atoms with Gasteiger partial charge in [0.05, 0.1) is 19.1 Å². The zero-order chi connectivity index (χ0) is 14.7. The van der Waals surface area contributed by atoms with E-state index in [-0.39, 0.29) is 0 Å². The lowest BCUT2D eigenvalue weighted by atomic mass is 10.4. The summed E-state index contributed by atoms with van der Waals surface area (Å²) in [6, 6.07) is 5.46. The van der Waals surface area contributed by atoms with Gasteiger partial charge < -0.3 is 13.7 Å². The zero-order valence-corrected chi connectivity index (χ0v) is 12.5. The van der Waals surface area contributed by atoms with Gasteiger partial charge in [0.1, 0.15) is 0 Å². The molecule has 0 radical (unpaired) electrons. The Morgan fingerprint density at radius 2 is 2.29 bits per heavy atom. The van der Waals surface area contributed by atoms with E-state index in [2.05, 4.69) is 15.4 Å². The molecule has 3 aromatic rings. The van der Waals surface area contributed by atoms with Gasteiger partial charge in [-0.15, -0.1) is 10.2 Å². The molecule has 0 aliphatic rings. The number of thioether (sulfide) groups is 1.